The molecule has 1 aliphatic heterocycles. The summed E-state index contributed by atoms with van der Waals surface area (Å²) in [5, 5.41) is 10.6. The van der Waals surface area contributed by atoms with E-state index in [0.717, 1.165) is 0 Å². The minimum Gasteiger partial charge on any atom is -0.387 e. The molecule has 3 unspecified atom stereocenters. The van der Waals surface area contributed by atoms with E-state index in [-0.39, 0.29) is 4.57 Å². The van der Waals surface area contributed by atoms with Gasteiger partial charge < -0.3 is 29.4 Å². The minimum atomic E-state index is -6.08. The minimum absolute atomic E-state index is 0.290. The second kappa shape index (κ2) is 9.80. The molecule has 1 saturated heterocycles. The van der Waals surface area contributed by atoms with Crippen LogP contribution in [0.2, 0.25) is 0 Å². The fraction of sp³-hybridized carbons (Fsp3) is 0.500. The van der Waals surface area contributed by atoms with Crippen molar-refractivity contribution in [1.29, 1.82) is 0 Å². The van der Waals surface area contributed by atoms with E-state index in [1.54, 1.807) is 4.98 Å². The summed E-state index contributed by atoms with van der Waals surface area (Å²) < 4.78 is 80.1. The van der Waals surface area contributed by atoms with Gasteiger partial charge in [-0.2, -0.15) is 13.0 Å². The zero-order valence-electron chi connectivity index (χ0n) is 17.8. The molecule has 33 heavy (non-hydrogen) atoms. The fourth-order valence-corrected chi connectivity index (χ4v) is 5.66. The molecule has 1 aromatic rings. The van der Waals surface area contributed by atoms with Crippen LogP contribution in [0.4, 0.5) is 4.39 Å². The highest BCUT2D eigenvalue weighted by atomic mass is 35.5. The summed E-state index contributed by atoms with van der Waals surface area (Å²) in [5.74, 6) is 2.92. The molecule has 0 aliphatic carbocycles. The SMILES string of the molecule is [2H]C([2H])(OP(=O)(O)OP(=O)(O)OP(=O)(O)O)[C@H]1O[C@@H](n2cc(F)c(=O)[nH]c2=O)C(Cl)(C#CC)[C@H]1O. The van der Waals surface area contributed by atoms with Gasteiger partial charge in [-0.1, -0.05) is 17.5 Å². The number of hydrogen-bond donors (Lipinski definition) is 6. The Morgan fingerprint density at radius 1 is 1.30 bits per heavy atom. The van der Waals surface area contributed by atoms with Gasteiger partial charge in [0, 0.05) is 0 Å². The molecule has 1 aromatic heterocycles. The van der Waals surface area contributed by atoms with Gasteiger partial charge in [0.1, 0.15) is 12.2 Å². The van der Waals surface area contributed by atoms with Gasteiger partial charge in [-0.15, -0.1) is 5.92 Å². The normalized spacial score (nSPS) is 30.4. The Hall–Kier alpha value is -1.21. The number of aromatic amines is 1. The molecule has 0 radical (unpaired) electrons. The molecular formula is C12H15ClFN2O14P3. The lowest BCUT2D eigenvalue weighted by Gasteiger charge is -2.25. The largest absolute Gasteiger partial charge is 0.490 e. The Labute approximate surface area is 190 Å². The van der Waals surface area contributed by atoms with Crippen molar-refractivity contribution < 1.29 is 63.4 Å². The van der Waals surface area contributed by atoms with E-state index in [1.807, 2.05) is 0 Å². The molecule has 186 valence electrons. The molecule has 21 heteroatoms. The predicted molar refractivity (Wildman–Crippen MR) is 103 cm³/mol. The summed E-state index contributed by atoms with van der Waals surface area (Å²) in [5.41, 5.74) is -2.78. The molecule has 1 aliphatic rings. The van der Waals surface area contributed by atoms with Gasteiger partial charge in [0.25, 0.3) is 5.56 Å². The summed E-state index contributed by atoms with van der Waals surface area (Å²) in [6.07, 6.45) is -6.56. The molecular weight excluding hydrogens is 544 g/mol. The van der Waals surface area contributed by atoms with Crippen molar-refractivity contribution >= 4 is 35.1 Å². The number of phosphoric ester groups is 1. The number of halogens is 2. The number of H-pyrrole nitrogens is 1. The Kier molecular flexibility index (Phi) is 7.40. The zero-order chi connectivity index (χ0) is 27.2. The van der Waals surface area contributed by atoms with Crippen LogP contribution >= 0.6 is 35.1 Å². The van der Waals surface area contributed by atoms with Crippen molar-refractivity contribution in [3.8, 4) is 11.8 Å². The molecule has 0 aromatic carbocycles. The van der Waals surface area contributed by atoms with Crippen LogP contribution in [0.15, 0.2) is 15.8 Å². The monoisotopic (exact) mass is 560 g/mol. The van der Waals surface area contributed by atoms with E-state index in [2.05, 4.69) is 25.0 Å². The molecule has 6 atom stereocenters. The molecule has 1 fully saturated rings. The lowest BCUT2D eigenvalue weighted by molar-refractivity contribution is -0.0458. The maximum Gasteiger partial charge on any atom is 0.490 e. The zero-order valence-corrected chi connectivity index (χ0v) is 19.2. The van der Waals surface area contributed by atoms with E-state index in [4.69, 9.17) is 28.9 Å². The number of hydrogen-bond acceptors (Lipinski definition) is 10. The van der Waals surface area contributed by atoms with E-state index < -0.39 is 70.4 Å². The number of aliphatic hydroxyl groups is 1. The van der Waals surface area contributed by atoms with Crippen LogP contribution in [0.3, 0.4) is 0 Å². The maximum absolute atomic E-state index is 13.8. The standard InChI is InChI=1S/C12H15ClFN2O14P3/c1-2-3-12(13)8(17)7(28-10(12)16-4-6(14)9(18)15-11(16)19)5-27-32(23,24)30-33(25,26)29-31(20,21)22/h4,7-8,10,17H,5H2,1H3,(H,23,24)(H,25,26)(H,15,18,19)(H2,20,21,22)/t7-,8+,10-,12?/m1/s1/i5D2. The highest BCUT2D eigenvalue weighted by Crippen LogP contribution is 2.66. The van der Waals surface area contributed by atoms with Crippen molar-refractivity contribution in [3.63, 3.8) is 0 Å². The Morgan fingerprint density at radius 3 is 2.45 bits per heavy atom. The number of aliphatic hydroxyl groups excluding tert-OH is 1. The third-order valence-electron chi connectivity index (χ3n) is 3.55. The van der Waals surface area contributed by atoms with E-state index in [0.29, 0.717) is 6.20 Å². The first-order valence-electron chi connectivity index (χ1n) is 8.96. The van der Waals surface area contributed by atoms with Crippen LogP contribution in [-0.4, -0.2) is 57.9 Å². The average molecular weight is 561 g/mol. The highest BCUT2D eigenvalue weighted by Gasteiger charge is 2.56. The number of nitrogens with one attached hydrogen (secondary N) is 1. The fourth-order valence-electron chi connectivity index (χ4n) is 2.42. The highest BCUT2D eigenvalue weighted by molar-refractivity contribution is 7.66. The van der Waals surface area contributed by atoms with E-state index in [1.165, 1.54) is 6.92 Å². The van der Waals surface area contributed by atoms with Gasteiger partial charge in [0.15, 0.2) is 11.1 Å². The quantitative estimate of drug-likeness (QED) is 0.130. The first-order chi connectivity index (χ1) is 15.6. The number of rotatable bonds is 8. The molecule has 0 spiro atoms. The van der Waals surface area contributed by atoms with Gasteiger partial charge in [-0.05, 0) is 6.92 Å². The molecule has 0 amide bonds. The average Bonchev–Trinajstić information content (AvgIpc) is 2.86. The van der Waals surface area contributed by atoms with E-state index in [9.17, 15) is 42.6 Å². The van der Waals surface area contributed by atoms with Crippen LogP contribution in [0.1, 0.15) is 15.9 Å². The smallest absolute Gasteiger partial charge is 0.387 e. The number of phosphoric acid groups is 3. The molecule has 0 saturated carbocycles. The van der Waals surface area contributed by atoms with Crippen LogP contribution in [-0.2, 0) is 31.6 Å². The number of aromatic nitrogens is 2. The number of nitrogens with zero attached hydrogens (tertiary/aromatic N) is 1. The lowest BCUT2D eigenvalue weighted by atomic mass is 9.99. The van der Waals surface area contributed by atoms with Crippen LogP contribution < -0.4 is 11.2 Å². The molecule has 6 N–H and O–H groups in total. The Balaban J connectivity index is 2.45. The van der Waals surface area contributed by atoms with Crippen molar-refractivity contribution in [2.24, 2.45) is 0 Å². The van der Waals surface area contributed by atoms with Crippen LogP contribution in [0.5, 0.6) is 0 Å². The van der Waals surface area contributed by atoms with Crippen LogP contribution in [0.25, 0.3) is 0 Å². The topological polar surface area (TPSA) is 244 Å². The van der Waals surface area contributed by atoms with Gasteiger partial charge in [0.05, 0.1) is 15.5 Å². The van der Waals surface area contributed by atoms with Gasteiger partial charge >= 0.3 is 29.2 Å². The summed E-state index contributed by atoms with van der Waals surface area (Å²) >= 11 is 6.24. The van der Waals surface area contributed by atoms with Crippen LogP contribution in [0, 0.1) is 17.7 Å². The van der Waals surface area contributed by atoms with Crippen molar-refractivity contribution in [1.82, 2.24) is 9.55 Å². The second-order valence-corrected chi connectivity index (χ2v) is 10.9. The summed E-state index contributed by atoms with van der Waals surface area (Å²) in [6, 6.07) is 0. The first kappa shape index (κ1) is 24.9. The molecule has 0 bridgehead atoms. The second-order valence-electron chi connectivity index (χ2n) is 5.94. The van der Waals surface area contributed by atoms with Crippen molar-refractivity contribution in [2.75, 3.05) is 6.56 Å². The van der Waals surface area contributed by atoms with E-state index >= 15 is 0 Å². The summed E-state index contributed by atoms with van der Waals surface area (Å²) in [6.45, 7) is -2.50. The Morgan fingerprint density at radius 2 is 1.91 bits per heavy atom. The summed E-state index contributed by atoms with van der Waals surface area (Å²) in [7, 11) is -17.8. The van der Waals surface area contributed by atoms with Crippen molar-refractivity contribution in [3.05, 3.63) is 32.9 Å². The lowest BCUT2D eigenvalue weighted by Crippen LogP contribution is -2.44. The number of alkyl halides is 1. The number of ether oxygens (including phenoxy) is 1. The van der Waals surface area contributed by atoms with Gasteiger partial charge in [-0.3, -0.25) is 18.9 Å². The van der Waals surface area contributed by atoms with Gasteiger partial charge in [-0.25, -0.2) is 18.5 Å². The Bertz CT molecular complexity index is 1320. The molecule has 16 nitrogen and oxygen atoms in total. The molecule has 2 rings (SSSR count). The predicted octanol–water partition coefficient (Wildman–Crippen LogP) is -0.722. The summed E-state index contributed by atoms with van der Waals surface area (Å²) in [4.78, 5) is 58.4. The van der Waals surface area contributed by atoms with Gasteiger partial charge in [0.2, 0.25) is 5.82 Å². The van der Waals surface area contributed by atoms with Crippen molar-refractivity contribution in [2.45, 2.75) is 30.2 Å². The first-order valence-corrected chi connectivity index (χ1v) is 12.9. The third kappa shape index (κ3) is 6.91. The third-order valence-corrected chi connectivity index (χ3v) is 7.71. The maximum atomic E-state index is 13.8. The molecule has 2 heterocycles.